The van der Waals surface area contributed by atoms with Crippen molar-refractivity contribution >= 4 is 16.9 Å². The van der Waals surface area contributed by atoms with E-state index in [2.05, 4.69) is 32.7 Å². The summed E-state index contributed by atoms with van der Waals surface area (Å²) < 4.78 is 0. The van der Waals surface area contributed by atoms with E-state index in [4.69, 9.17) is 0 Å². The van der Waals surface area contributed by atoms with Gasteiger partial charge in [0.2, 0.25) is 0 Å². The van der Waals surface area contributed by atoms with Crippen molar-refractivity contribution in [3.8, 4) is 0 Å². The van der Waals surface area contributed by atoms with Crippen LogP contribution in [-0.4, -0.2) is 30.1 Å². The number of fused-ring (bicyclic) bond motifs is 2. The summed E-state index contributed by atoms with van der Waals surface area (Å²) in [5, 5.41) is 6.44. The molecule has 0 radical (unpaired) electrons. The van der Waals surface area contributed by atoms with Gasteiger partial charge in [-0.25, -0.2) is 4.98 Å². The van der Waals surface area contributed by atoms with Gasteiger partial charge in [0.1, 0.15) is 5.82 Å². The van der Waals surface area contributed by atoms with Crippen molar-refractivity contribution in [1.82, 2.24) is 15.3 Å². The SMILES string of the molecule is CNc1cnc2cc3c(cc2n1)CCNCC3. The third-order valence-corrected chi connectivity index (χ3v) is 3.26. The molecule has 1 aliphatic heterocycles. The first-order valence-electron chi connectivity index (χ1n) is 6.04. The van der Waals surface area contributed by atoms with Crippen molar-refractivity contribution in [3.63, 3.8) is 0 Å². The second-order valence-electron chi connectivity index (χ2n) is 4.36. The third kappa shape index (κ3) is 1.96. The van der Waals surface area contributed by atoms with Crippen LogP contribution in [-0.2, 0) is 12.8 Å². The molecule has 1 aromatic heterocycles. The summed E-state index contributed by atoms with van der Waals surface area (Å²) in [6, 6.07) is 4.37. The van der Waals surface area contributed by atoms with Crippen molar-refractivity contribution in [2.75, 3.05) is 25.5 Å². The molecule has 4 heteroatoms. The first kappa shape index (κ1) is 10.5. The fraction of sp³-hybridized carbons (Fsp3) is 0.385. The fourth-order valence-electron chi connectivity index (χ4n) is 2.30. The highest BCUT2D eigenvalue weighted by atomic mass is 15.0. The Labute approximate surface area is 100 Å². The lowest BCUT2D eigenvalue weighted by Gasteiger charge is -2.07. The van der Waals surface area contributed by atoms with E-state index in [-0.39, 0.29) is 0 Å². The molecule has 0 amide bonds. The molecule has 17 heavy (non-hydrogen) atoms. The smallest absolute Gasteiger partial charge is 0.144 e. The summed E-state index contributed by atoms with van der Waals surface area (Å²) in [7, 11) is 1.86. The number of hydrogen-bond donors (Lipinski definition) is 2. The largest absolute Gasteiger partial charge is 0.372 e. The van der Waals surface area contributed by atoms with Crippen LogP contribution in [0.1, 0.15) is 11.1 Å². The predicted octanol–water partition coefficient (Wildman–Crippen LogP) is 1.36. The first-order chi connectivity index (χ1) is 8.36. The van der Waals surface area contributed by atoms with Crippen LogP contribution < -0.4 is 10.6 Å². The quantitative estimate of drug-likeness (QED) is 0.774. The van der Waals surface area contributed by atoms with Gasteiger partial charge >= 0.3 is 0 Å². The molecular weight excluding hydrogens is 212 g/mol. The Balaban J connectivity index is 2.15. The zero-order chi connectivity index (χ0) is 11.7. The van der Waals surface area contributed by atoms with Crippen LogP contribution in [0.5, 0.6) is 0 Å². The Morgan fingerprint density at radius 2 is 1.82 bits per heavy atom. The van der Waals surface area contributed by atoms with Gasteiger partial charge in [0.05, 0.1) is 17.2 Å². The van der Waals surface area contributed by atoms with Crippen LogP contribution in [0.3, 0.4) is 0 Å². The van der Waals surface area contributed by atoms with E-state index in [1.165, 1.54) is 11.1 Å². The highest BCUT2D eigenvalue weighted by molar-refractivity contribution is 5.77. The molecule has 2 N–H and O–H groups in total. The van der Waals surface area contributed by atoms with Gasteiger partial charge in [-0.3, -0.25) is 4.98 Å². The molecule has 2 heterocycles. The molecule has 0 atom stereocenters. The minimum Gasteiger partial charge on any atom is -0.372 e. The molecule has 4 nitrogen and oxygen atoms in total. The number of hydrogen-bond acceptors (Lipinski definition) is 4. The highest BCUT2D eigenvalue weighted by Crippen LogP contribution is 2.20. The molecule has 1 aromatic carbocycles. The van der Waals surface area contributed by atoms with E-state index in [0.29, 0.717) is 0 Å². The lowest BCUT2D eigenvalue weighted by atomic mass is 10.0. The Hall–Kier alpha value is -1.68. The Bertz CT molecular complexity index is 550. The average molecular weight is 228 g/mol. The van der Waals surface area contributed by atoms with E-state index in [1.807, 2.05) is 7.05 Å². The predicted molar refractivity (Wildman–Crippen MR) is 69.4 cm³/mol. The number of nitrogens with one attached hydrogen (secondary N) is 2. The molecule has 1 aliphatic rings. The lowest BCUT2D eigenvalue weighted by molar-refractivity contribution is 0.711. The van der Waals surface area contributed by atoms with Gasteiger partial charge in [0.25, 0.3) is 0 Å². The summed E-state index contributed by atoms with van der Waals surface area (Å²) >= 11 is 0. The second-order valence-corrected chi connectivity index (χ2v) is 4.36. The summed E-state index contributed by atoms with van der Waals surface area (Å²) in [6.45, 7) is 2.11. The first-order valence-corrected chi connectivity index (χ1v) is 6.04. The summed E-state index contributed by atoms with van der Waals surface area (Å²) in [5.74, 6) is 0.823. The van der Waals surface area contributed by atoms with Crippen LogP contribution in [0, 0.1) is 0 Å². The summed E-state index contributed by atoms with van der Waals surface area (Å²) in [5.41, 5.74) is 4.79. The van der Waals surface area contributed by atoms with E-state index < -0.39 is 0 Å². The van der Waals surface area contributed by atoms with Crippen LogP contribution in [0.4, 0.5) is 5.82 Å². The topological polar surface area (TPSA) is 49.8 Å². The van der Waals surface area contributed by atoms with Crippen LogP contribution >= 0.6 is 0 Å². The second kappa shape index (κ2) is 4.30. The van der Waals surface area contributed by atoms with Crippen LogP contribution in [0.2, 0.25) is 0 Å². The molecule has 0 saturated heterocycles. The Kier molecular flexibility index (Phi) is 2.65. The molecule has 0 bridgehead atoms. The van der Waals surface area contributed by atoms with Gasteiger partial charge in [0, 0.05) is 7.05 Å². The van der Waals surface area contributed by atoms with E-state index in [0.717, 1.165) is 42.8 Å². The molecule has 3 rings (SSSR count). The Morgan fingerprint density at radius 3 is 2.53 bits per heavy atom. The minimum absolute atomic E-state index is 0.823. The van der Waals surface area contributed by atoms with E-state index >= 15 is 0 Å². The van der Waals surface area contributed by atoms with Gasteiger partial charge in [-0.15, -0.1) is 0 Å². The molecule has 0 unspecified atom stereocenters. The van der Waals surface area contributed by atoms with E-state index in [9.17, 15) is 0 Å². The average Bonchev–Trinajstić information content (AvgIpc) is 2.60. The van der Waals surface area contributed by atoms with Crippen LogP contribution in [0.25, 0.3) is 11.0 Å². The minimum atomic E-state index is 0.823. The number of aromatic nitrogens is 2. The van der Waals surface area contributed by atoms with Crippen molar-refractivity contribution < 1.29 is 0 Å². The molecule has 0 spiro atoms. The standard InChI is InChI=1S/C13H16N4/c1-14-13-8-16-11-6-9-2-4-15-5-3-10(9)7-12(11)17-13/h6-8,15H,2-5H2,1H3,(H,14,17). The number of nitrogens with zero attached hydrogens (tertiary/aromatic N) is 2. The van der Waals surface area contributed by atoms with Crippen molar-refractivity contribution in [2.45, 2.75) is 12.8 Å². The summed E-state index contributed by atoms with van der Waals surface area (Å²) in [6.07, 6.45) is 3.95. The van der Waals surface area contributed by atoms with Crippen LogP contribution in [0.15, 0.2) is 18.3 Å². The molecule has 0 aliphatic carbocycles. The molecule has 0 fully saturated rings. The number of benzene rings is 1. The molecule has 0 saturated carbocycles. The number of rotatable bonds is 1. The summed E-state index contributed by atoms with van der Waals surface area (Å²) in [4.78, 5) is 8.98. The fourth-order valence-corrected chi connectivity index (χ4v) is 2.30. The third-order valence-electron chi connectivity index (χ3n) is 3.26. The number of anilines is 1. The molecule has 2 aromatic rings. The van der Waals surface area contributed by atoms with Crippen molar-refractivity contribution in [2.24, 2.45) is 0 Å². The molecular formula is C13H16N4. The maximum Gasteiger partial charge on any atom is 0.144 e. The lowest BCUT2D eigenvalue weighted by Crippen LogP contribution is -2.16. The monoisotopic (exact) mass is 228 g/mol. The van der Waals surface area contributed by atoms with Gasteiger partial charge in [-0.05, 0) is 49.2 Å². The maximum absolute atomic E-state index is 4.54. The van der Waals surface area contributed by atoms with Gasteiger partial charge < -0.3 is 10.6 Å². The normalized spacial score (nSPS) is 15.4. The van der Waals surface area contributed by atoms with E-state index in [1.54, 1.807) is 6.20 Å². The van der Waals surface area contributed by atoms with Crippen molar-refractivity contribution in [1.29, 1.82) is 0 Å². The van der Waals surface area contributed by atoms with Gasteiger partial charge in [-0.2, -0.15) is 0 Å². The highest BCUT2D eigenvalue weighted by Gasteiger charge is 2.10. The molecule has 88 valence electrons. The van der Waals surface area contributed by atoms with Gasteiger partial charge in [0.15, 0.2) is 0 Å². The zero-order valence-electron chi connectivity index (χ0n) is 9.95. The maximum atomic E-state index is 4.54. The van der Waals surface area contributed by atoms with Crippen molar-refractivity contribution in [3.05, 3.63) is 29.5 Å². The van der Waals surface area contributed by atoms with Gasteiger partial charge in [-0.1, -0.05) is 0 Å². The zero-order valence-corrected chi connectivity index (χ0v) is 9.95. The Morgan fingerprint density at radius 1 is 1.12 bits per heavy atom.